The maximum absolute atomic E-state index is 8.56. The van der Waals surface area contributed by atoms with Crippen molar-refractivity contribution in [1.82, 2.24) is 5.32 Å². The lowest BCUT2D eigenvalue weighted by Gasteiger charge is -2.22. The van der Waals surface area contributed by atoms with Crippen LogP contribution < -0.4 is 5.32 Å². The smallest absolute Gasteiger partial charge is 0.0699 e. The molecule has 0 unspecified atom stereocenters. The van der Waals surface area contributed by atoms with Gasteiger partial charge in [0.2, 0.25) is 0 Å². The summed E-state index contributed by atoms with van der Waals surface area (Å²) in [5, 5.41) is 11.9. The van der Waals surface area contributed by atoms with E-state index in [2.05, 4.69) is 5.32 Å². The predicted octanol–water partition coefficient (Wildman–Crippen LogP) is 0.918. The molecule has 0 aliphatic carbocycles. The van der Waals surface area contributed by atoms with Gasteiger partial charge < -0.3 is 15.2 Å². The molecule has 3 nitrogen and oxygen atoms in total. The predicted molar refractivity (Wildman–Crippen MR) is 52.8 cm³/mol. The van der Waals surface area contributed by atoms with E-state index in [1.165, 1.54) is 12.8 Å². The van der Waals surface area contributed by atoms with E-state index in [-0.39, 0.29) is 0 Å². The SMILES string of the molecule is OCCCCCO[C@H]1CCCNC1. The fourth-order valence-corrected chi connectivity index (χ4v) is 1.60. The van der Waals surface area contributed by atoms with E-state index < -0.39 is 0 Å². The molecule has 1 heterocycles. The number of hydrogen-bond acceptors (Lipinski definition) is 3. The summed E-state index contributed by atoms with van der Waals surface area (Å²) in [7, 11) is 0. The molecule has 0 radical (unpaired) electrons. The molecule has 0 saturated carbocycles. The van der Waals surface area contributed by atoms with Gasteiger partial charge in [-0.3, -0.25) is 0 Å². The molecule has 1 atom stereocenters. The van der Waals surface area contributed by atoms with Gasteiger partial charge in [-0.25, -0.2) is 0 Å². The number of hydrogen-bond donors (Lipinski definition) is 2. The Bertz CT molecular complexity index is 113. The number of aliphatic hydroxyl groups excluding tert-OH is 1. The first-order valence-corrected chi connectivity index (χ1v) is 5.36. The Morgan fingerprint density at radius 3 is 2.92 bits per heavy atom. The summed E-state index contributed by atoms with van der Waals surface area (Å²) >= 11 is 0. The van der Waals surface area contributed by atoms with Crippen LogP contribution in [0.25, 0.3) is 0 Å². The molecule has 1 saturated heterocycles. The molecule has 0 amide bonds. The number of rotatable bonds is 6. The summed E-state index contributed by atoms with van der Waals surface area (Å²) in [5.41, 5.74) is 0. The van der Waals surface area contributed by atoms with E-state index in [1.807, 2.05) is 0 Å². The zero-order valence-corrected chi connectivity index (χ0v) is 8.30. The van der Waals surface area contributed by atoms with Crippen molar-refractivity contribution >= 4 is 0 Å². The van der Waals surface area contributed by atoms with Crippen LogP contribution in [0.1, 0.15) is 32.1 Å². The molecule has 78 valence electrons. The van der Waals surface area contributed by atoms with Crippen LogP contribution in [0, 0.1) is 0 Å². The van der Waals surface area contributed by atoms with Crippen LogP contribution >= 0.6 is 0 Å². The molecule has 13 heavy (non-hydrogen) atoms. The third-order valence-corrected chi connectivity index (χ3v) is 2.41. The molecule has 1 aliphatic heterocycles. The molecule has 0 aromatic rings. The standard InChI is InChI=1S/C10H21NO2/c12-7-2-1-3-8-13-10-5-4-6-11-9-10/h10-12H,1-9H2/t10-/m0/s1. The summed E-state index contributed by atoms with van der Waals surface area (Å²) in [6.45, 7) is 3.32. The molecular formula is C10H21NO2. The highest BCUT2D eigenvalue weighted by molar-refractivity contribution is 4.68. The van der Waals surface area contributed by atoms with Crippen molar-refractivity contribution in [3.05, 3.63) is 0 Å². The van der Waals surface area contributed by atoms with Gasteiger partial charge in [0.15, 0.2) is 0 Å². The Morgan fingerprint density at radius 1 is 1.31 bits per heavy atom. The van der Waals surface area contributed by atoms with Crippen LogP contribution in [0.2, 0.25) is 0 Å². The minimum Gasteiger partial charge on any atom is -0.396 e. The lowest BCUT2D eigenvalue weighted by molar-refractivity contribution is 0.0344. The van der Waals surface area contributed by atoms with Crippen molar-refractivity contribution in [3.8, 4) is 0 Å². The van der Waals surface area contributed by atoms with E-state index in [4.69, 9.17) is 9.84 Å². The first-order valence-electron chi connectivity index (χ1n) is 5.36. The van der Waals surface area contributed by atoms with E-state index in [0.29, 0.717) is 12.7 Å². The molecule has 1 rings (SSSR count). The fraction of sp³-hybridized carbons (Fsp3) is 1.00. The lowest BCUT2D eigenvalue weighted by Crippen LogP contribution is -2.35. The van der Waals surface area contributed by atoms with E-state index in [9.17, 15) is 0 Å². The maximum atomic E-state index is 8.56. The normalized spacial score (nSPS) is 23.3. The van der Waals surface area contributed by atoms with Gasteiger partial charge in [0, 0.05) is 19.8 Å². The zero-order chi connectivity index (χ0) is 9.36. The highest BCUT2D eigenvalue weighted by atomic mass is 16.5. The summed E-state index contributed by atoms with van der Waals surface area (Å²) in [4.78, 5) is 0. The first kappa shape index (κ1) is 11.0. The highest BCUT2D eigenvalue weighted by Crippen LogP contribution is 2.07. The third-order valence-electron chi connectivity index (χ3n) is 2.41. The fourth-order valence-electron chi connectivity index (χ4n) is 1.60. The van der Waals surface area contributed by atoms with Gasteiger partial charge in [-0.15, -0.1) is 0 Å². The van der Waals surface area contributed by atoms with Gasteiger partial charge in [0.05, 0.1) is 6.10 Å². The van der Waals surface area contributed by atoms with Crippen LogP contribution in [0.15, 0.2) is 0 Å². The van der Waals surface area contributed by atoms with Crippen LogP contribution in [0.5, 0.6) is 0 Å². The third kappa shape index (κ3) is 5.24. The summed E-state index contributed by atoms with van der Waals surface area (Å²) in [5.74, 6) is 0. The largest absolute Gasteiger partial charge is 0.396 e. The average Bonchev–Trinajstić information content (AvgIpc) is 2.19. The summed E-state index contributed by atoms with van der Waals surface area (Å²) in [6.07, 6.45) is 5.94. The van der Waals surface area contributed by atoms with Crippen molar-refractivity contribution in [2.45, 2.75) is 38.2 Å². The second kappa shape index (κ2) is 7.30. The monoisotopic (exact) mass is 187 g/mol. The van der Waals surface area contributed by atoms with Crippen molar-refractivity contribution in [2.75, 3.05) is 26.3 Å². The number of unbranched alkanes of at least 4 members (excludes halogenated alkanes) is 2. The quantitative estimate of drug-likeness (QED) is 0.607. The molecule has 3 heteroatoms. The minimum atomic E-state index is 0.311. The Balaban J connectivity index is 1.86. The van der Waals surface area contributed by atoms with Gasteiger partial charge >= 0.3 is 0 Å². The highest BCUT2D eigenvalue weighted by Gasteiger charge is 2.12. The Hall–Kier alpha value is -0.120. The average molecular weight is 187 g/mol. The topological polar surface area (TPSA) is 41.5 Å². The first-order chi connectivity index (χ1) is 6.43. The van der Waals surface area contributed by atoms with Crippen molar-refractivity contribution in [3.63, 3.8) is 0 Å². The molecule has 1 aliphatic rings. The molecule has 2 N–H and O–H groups in total. The Morgan fingerprint density at radius 2 is 2.23 bits per heavy atom. The summed E-state index contributed by atoms with van der Waals surface area (Å²) in [6, 6.07) is 0. The summed E-state index contributed by atoms with van der Waals surface area (Å²) < 4.78 is 5.69. The Labute approximate surface area is 80.5 Å². The van der Waals surface area contributed by atoms with Crippen molar-refractivity contribution < 1.29 is 9.84 Å². The molecule has 0 bridgehead atoms. The van der Waals surface area contributed by atoms with Crippen molar-refractivity contribution in [1.29, 1.82) is 0 Å². The molecule has 1 fully saturated rings. The van der Waals surface area contributed by atoms with Gasteiger partial charge in [0.1, 0.15) is 0 Å². The molecular weight excluding hydrogens is 166 g/mol. The Kier molecular flexibility index (Phi) is 6.15. The molecule has 0 aromatic heterocycles. The molecule has 0 aromatic carbocycles. The second-order valence-corrected chi connectivity index (χ2v) is 3.62. The number of nitrogens with one attached hydrogen (secondary N) is 1. The number of piperidine rings is 1. The van der Waals surface area contributed by atoms with Gasteiger partial charge in [-0.05, 0) is 38.6 Å². The van der Waals surface area contributed by atoms with Crippen molar-refractivity contribution in [2.24, 2.45) is 0 Å². The van der Waals surface area contributed by atoms with Gasteiger partial charge in [-0.2, -0.15) is 0 Å². The van der Waals surface area contributed by atoms with E-state index in [1.54, 1.807) is 0 Å². The van der Waals surface area contributed by atoms with E-state index >= 15 is 0 Å². The number of ether oxygens (including phenoxy) is 1. The van der Waals surface area contributed by atoms with Gasteiger partial charge in [0.25, 0.3) is 0 Å². The molecule has 0 spiro atoms. The minimum absolute atomic E-state index is 0.311. The van der Waals surface area contributed by atoms with Crippen LogP contribution in [0.4, 0.5) is 0 Å². The zero-order valence-electron chi connectivity index (χ0n) is 8.30. The second-order valence-electron chi connectivity index (χ2n) is 3.62. The van der Waals surface area contributed by atoms with Crippen LogP contribution in [-0.4, -0.2) is 37.5 Å². The van der Waals surface area contributed by atoms with Crippen LogP contribution in [0.3, 0.4) is 0 Å². The number of aliphatic hydroxyl groups is 1. The maximum Gasteiger partial charge on any atom is 0.0699 e. The van der Waals surface area contributed by atoms with E-state index in [0.717, 1.165) is 39.0 Å². The van der Waals surface area contributed by atoms with Crippen LogP contribution in [-0.2, 0) is 4.74 Å². The van der Waals surface area contributed by atoms with Gasteiger partial charge in [-0.1, -0.05) is 0 Å². The lowest BCUT2D eigenvalue weighted by atomic mass is 10.1.